The van der Waals surface area contributed by atoms with Gasteiger partial charge in [0, 0.05) is 13.2 Å². The first-order chi connectivity index (χ1) is 11.8. The molecule has 0 radical (unpaired) electrons. The molecule has 1 saturated heterocycles. The van der Waals surface area contributed by atoms with Crippen LogP contribution in [0.3, 0.4) is 0 Å². The van der Waals surface area contributed by atoms with E-state index >= 15 is 0 Å². The maximum absolute atomic E-state index is 12.3. The van der Waals surface area contributed by atoms with Gasteiger partial charge in [0.05, 0.1) is 17.5 Å². The number of primary amides is 1. The maximum atomic E-state index is 12.3. The van der Waals surface area contributed by atoms with Crippen molar-refractivity contribution in [3.05, 3.63) is 24.3 Å². The van der Waals surface area contributed by atoms with E-state index in [0.29, 0.717) is 12.2 Å². The second-order valence-corrected chi connectivity index (χ2v) is 7.36. The van der Waals surface area contributed by atoms with Gasteiger partial charge in [-0.15, -0.1) is 0 Å². The van der Waals surface area contributed by atoms with Gasteiger partial charge in [0.1, 0.15) is 6.04 Å². The fourth-order valence-corrected chi connectivity index (χ4v) is 2.78. The van der Waals surface area contributed by atoms with Crippen molar-refractivity contribution in [1.82, 2.24) is 5.32 Å². The Morgan fingerprint density at radius 2 is 1.96 bits per heavy atom. The lowest BCUT2D eigenvalue weighted by Crippen LogP contribution is -2.53. The summed E-state index contributed by atoms with van der Waals surface area (Å²) in [5.41, 5.74) is 6.37. The van der Waals surface area contributed by atoms with Crippen LogP contribution in [0.1, 0.15) is 33.6 Å². The summed E-state index contributed by atoms with van der Waals surface area (Å²) in [4.78, 5) is 23.9. The number of carbonyl (C=O) groups excluding carboxylic acids is 2. The van der Waals surface area contributed by atoms with Crippen molar-refractivity contribution in [2.75, 3.05) is 23.8 Å². The highest BCUT2D eigenvalue weighted by atomic mass is 16.5. The van der Waals surface area contributed by atoms with E-state index in [0.717, 1.165) is 25.1 Å². The summed E-state index contributed by atoms with van der Waals surface area (Å²) < 4.78 is 5.60. The summed E-state index contributed by atoms with van der Waals surface area (Å²) >= 11 is 0. The number of urea groups is 1. The summed E-state index contributed by atoms with van der Waals surface area (Å²) in [6, 6.07) is 6.18. The molecule has 1 aliphatic heterocycles. The van der Waals surface area contributed by atoms with E-state index in [2.05, 4.69) is 16.0 Å². The van der Waals surface area contributed by atoms with Gasteiger partial charge >= 0.3 is 6.03 Å². The van der Waals surface area contributed by atoms with E-state index in [4.69, 9.17) is 10.5 Å². The third kappa shape index (κ3) is 5.63. The van der Waals surface area contributed by atoms with E-state index in [-0.39, 0.29) is 6.10 Å². The molecular weight excluding hydrogens is 320 g/mol. The molecule has 5 N–H and O–H groups in total. The molecule has 2 unspecified atom stereocenters. The standard InChI is InChI=1S/C18H28N4O3/c1-18(2,3)15(16(19)23)22-17(24)21-14-9-5-4-8-13(14)20-11-12-7-6-10-25-12/h4-5,8-9,12,15,20H,6-7,10-11H2,1-3H3,(H2,19,23)(H2,21,22,24). The second kappa shape index (κ2) is 8.20. The number of carbonyl (C=O) groups is 2. The predicted molar refractivity (Wildman–Crippen MR) is 98.5 cm³/mol. The minimum absolute atomic E-state index is 0.196. The normalized spacial score (nSPS) is 18.4. The SMILES string of the molecule is CC(C)(C)C(NC(=O)Nc1ccccc1NCC1CCCO1)C(N)=O. The molecule has 7 nitrogen and oxygen atoms in total. The average Bonchev–Trinajstić information content (AvgIpc) is 3.04. The van der Waals surface area contributed by atoms with Crippen LogP contribution in [0.2, 0.25) is 0 Å². The van der Waals surface area contributed by atoms with Crippen LogP contribution in [0.5, 0.6) is 0 Å². The Kier molecular flexibility index (Phi) is 6.25. The largest absolute Gasteiger partial charge is 0.381 e. The van der Waals surface area contributed by atoms with Gasteiger partial charge in [0.15, 0.2) is 0 Å². The second-order valence-electron chi connectivity index (χ2n) is 7.36. The summed E-state index contributed by atoms with van der Waals surface area (Å²) in [7, 11) is 0. The molecule has 1 aromatic carbocycles. The molecule has 138 valence electrons. The number of ether oxygens (including phenoxy) is 1. The summed E-state index contributed by atoms with van der Waals surface area (Å²) in [5, 5.41) is 8.74. The Labute approximate surface area is 148 Å². The summed E-state index contributed by atoms with van der Waals surface area (Å²) in [6.07, 6.45) is 2.31. The average molecular weight is 348 g/mol. The molecule has 25 heavy (non-hydrogen) atoms. The first kappa shape index (κ1) is 19.1. The van der Waals surface area contributed by atoms with Gasteiger partial charge in [0.2, 0.25) is 5.91 Å². The van der Waals surface area contributed by atoms with E-state index in [9.17, 15) is 9.59 Å². The van der Waals surface area contributed by atoms with Gasteiger partial charge in [-0.2, -0.15) is 0 Å². The number of hydrogen-bond donors (Lipinski definition) is 4. The zero-order valence-corrected chi connectivity index (χ0v) is 15.1. The summed E-state index contributed by atoms with van der Waals surface area (Å²) in [6.45, 7) is 7.03. The van der Waals surface area contributed by atoms with Crippen LogP contribution in [-0.2, 0) is 9.53 Å². The zero-order valence-electron chi connectivity index (χ0n) is 15.1. The first-order valence-corrected chi connectivity index (χ1v) is 8.58. The first-order valence-electron chi connectivity index (χ1n) is 8.58. The highest BCUT2D eigenvalue weighted by molar-refractivity contribution is 5.96. The molecule has 1 aromatic rings. The smallest absolute Gasteiger partial charge is 0.319 e. The van der Waals surface area contributed by atoms with Crippen molar-refractivity contribution in [3.8, 4) is 0 Å². The van der Waals surface area contributed by atoms with E-state index < -0.39 is 23.4 Å². The van der Waals surface area contributed by atoms with Crippen LogP contribution >= 0.6 is 0 Å². The molecule has 1 aliphatic rings. The van der Waals surface area contributed by atoms with Crippen LogP contribution in [0, 0.1) is 5.41 Å². The van der Waals surface area contributed by atoms with Crippen molar-refractivity contribution in [2.24, 2.45) is 11.1 Å². The highest BCUT2D eigenvalue weighted by Crippen LogP contribution is 2.23. The van der Waals surface area contributed by atoms with Crippen LogP contribution in [-0.4, -0.2) is 37.2 Å². The Morgan fingerprint density at radius 3 is 2.52 bits per heavy atom. The molecule has 0 spiro atoms. The molecule has 1 fully saturated rings. The number of rotatable bonds is 6. The van der Waals surface area contributed by atoms with E-state index in [1.807, 2.05) is 39.0 Å². The molecule has 0 saturated carbocycles. The Balaban J connectivity index is 1.98. The number of anilines is 2. The maximum Gasteiger partial charge on any atom is 0.319 e. The van der Waals surface area contributed by atoms with Gasteiger partial charge in [-0.05, 0) is 30.4 Å². The quantitative estimate of drug-likeness (QED) is 0.633. The van der Waals surface area contributed by atoms with Crippen molar-refractivity contribution < 1.29 is 14.3 Å². The van der Waals surface area contributed by atoms with Gasteiger partial charge in [-0.3, -0.25) is 4.79 Å². The number of nitrogens with one attached hydrogen (secondary N) is 3. The fraction of sp³-hybridized carbons (Fsp3) is 0.556. The zero-order chi connectivity index (χ0) is 18.4. The Morgan fingerprint density at radius 1 is 1.28 bits per heavy atom. The fourth-order valence-electron chi connectivity index (χ4n) is 2.78. The Hall–Kier alpha value is -2.28. The van der Waals surface area contributed by atoms with Crippen molar-refractivity contribution in [2.45, 2.75) is 45.8 Å². The lowest BCUT2D eigenvalue weighted by atomic mass is 9.86. The van der Waals surface area contributed by atoms with Crippen LogP contribution < -0.4 is 21.7 Å². The predicted octanol–water partition coefficient (Wildman–Crippen LogP) is 2.30. The lowest BCUT2D eigenvalue weighted by Gasteiger charge is -2.28. The number of amides is 3. The van der Waals surface area contributed by atoms with Crippen molar-refractivity contribution in [3.63, 3.8) is 0 Å². The number of nitrogens with two attached hydrogens (primary N) is 1. The molecule has 0 aromatic heterocycles. The molecule has 0 aliphatic carbocycles. The monoisotopic (exact) mass is 348 g/mol. The molecule has 3 amide bonds. The molecule has 7 heteroatoms. The third-order valence-electron chi connectivity index (χ3n) is 4.15. The highest BCUT2D eigenvalue weighted by Gasteiger charge is 2.31. The van der Waals surface area contributed by atoms with E-state index in [1.165, 1.54) is 0 Å². The number of hydrogen-bond acceptors (Lipinski definition) is 4. The molecular formula is C18H28N4O3. The molecule has 1 heterocycles. The molecule has 2 rings (SSSR count). The number of para-hydroxylation sites is 2. The minimum atomic E-state index is -0.764. The Bertz CT molecular complexity index is 607. The van der Waals surface area contributed by atoms with E-state index in [1.54, 1.807) is 6.07 Å². The summed E-state index contributed by atoms with van der Waals surface area (Å²) in [5.74, 6) is -0.563. The van der Waals surface area contributed by atoms with Gasteiger partial charge in [-0.25, -0.2) is 4.79 Å². The van der Waals surface area contributed by atoms with Crippen molar-refractivity contribution in [1.29, 1.82) is 0 Å². The third-order valence-corrected chi connectivity index (χ3v) is 4.15. The van der Waals surface area contributed by atoms with Gasteiger partial charge < -0.3 is 26.4 Å². The lowest BCUT2D eigenvalue weighted by molar-refractivity contribution is -0.122. The molecule has 2 atom stereocenters. The van der Waals surface area contributed by atoms with Crippen LogP contribution in [0.15, 0.2) is 24.3 Å². The topological polar surface area (TPSA) is 105 Å². The minimum Gasteiger partial charge on any atom is -0.381 e. The molecule has 0 bridgehead atoms. The van der Waals surface area contributed by atoms with Crippen molar-refractivity contribution >= 4 is 23.3 Å². The van der Waals surface area contributed by atoms with Gasteiger partial charge in [0.25, 0.3) is 0 Å². The van der Waals surface area contributed by atoms with Gasteiger partial charge in [-0.1, -0.05) is 32.9 Å². The van der Waals surface area contributed by atoms with Crippen LogP contribution in [0.4, 0.5) is 16.2 Å². The number of benzene rings is 1. The van der Waals surface area contributed by atoms with Crippen LogP contribution in [0.25, 0.3) is 0 Å².